The Hall–Kier alpha value is -3.17. The Kier molecular flexibility index (Phi) is 6.15. The maximum Gasteiger partial charge on any atom is 0.250 e. The summed E-state index contributed by atoms with van der Waals surface area (Å²) in [5.41, 5.74) is 2.16. The lowest BCUT2D eigenvalue weighted by atomic mass is 10.1. The molecule has 3 heterocycles. The molecule has 1 N–H and O–H groups in total. The maximum absolute atomic E-state index is 6.31. The molecule has 0 spiro atoms. The number of benzene rings is 2. The van der Waals surface area contributed by atoms with Crippen molar-refractivity contribution in [1.29, 1.82) is 0 Å². The predicted octanol–water partition coefficient (Wildman–Crippen LogP) is 5.32. The van der Waals surface area contributed by atoms with E-state index in [1.165, 1.54) is 6.33 Å². The molecule has 3 aromatic rings. The number of ether oxygens (including phenoxy) is 3. The van der Waals surface area contributed by atoms with E-state index in [2.05, 4.69) is 48.2 Å². The molecule has 2 aromatic carbocycles. The molecule has 0 radical (unpaired) electrons. The van der Waals surface area contributed by atoms with Crippen molar-refractivity contribution in [2.75, 3.05) is 32.6 Å². The minimum atomic E-state index is 0.142. The molecule has 0 aliphatic carbocycles. The lowest BCUT2D eigenvalue weighted by Gasteiger charge is -2.29. The topological polar surface area (TPSA) is 81.1 Å². The van der Waals surface area contributed by atoms with Gasteiger partial charge in [0.05, 0.1) is 7.11 Å². The summed E-state index contributed by atoms with van der Waals surface area (Å²) in [6.07, 6.45) is 5.28. The van der Waals surface area contributed by atoms with Crippen molar-refractivity contribution in [2.24, 2.45) is 4.99 Å². The Labute approximate surface area is 200 Å². The zero-order chi connectivity index (χ0) is 22.8. The molecule has 1 fully saturated rings. The van der Waals surface area contributed by atoms with E-state index in [1.807, 2.05) is 36.4 Å². The van der Waals surface area contributed by atoms with Gasteiger partial charge in [0.2, 0.25) is 0 Å². The smallest absolute Gasteiger partial charge is 0.250 e. The van der Waals surface area contributed by atoms with Crippen LogP contribution in [0.3, 0.4) is 0 Å². The van der Waals surface area contributed by atoms with Crippen LogP contribution in [0, 0.1) is 0 Å². The number of methoxy groups -OCH3 is 1. The van der Waals surface area contributed by atoms with E-state index in [9.17, 15) is 0 Å². The average molecular weight is 510 g/mol. The second kappa shape index (κ2) is 9.36. The third kappa shape index (κ3) is 4.79. The van der Waals surface area contributed by atoms with Gasteiger partial charge in [0, 0.05) is 41.1 Å². The highest BCUT2D eigenvalue weighted by atomic mass is 79.9. The fourth-order valence-electron chi connectivity index (χ4n) is 3.87. The molecule has 8 nitrogen and oxygen atoms in total. The summed E-state index contributed by atoms with van der Waals surface area (Å²) >= 11 is 3.49. The molecule has 0 amide bonds. The van der Waals surface area contributed by atoms with Gasteiger partial charge in [0.1, 0.15) is 18.2 Å². The van der Waals surface area contributed by atoms with Gasteiger partial charge in [0.25, 0.3) is 5.88 Å². The quantitative estimate of drug-likeness (QED) is 0.389. The van der Waals surface area contributed by atoms with E-state index >= 15 is 0 Å². The minimum absolute atomic E-state index is 0.142. The van der Waals surface area contributed by atoms with Crippen molar-refractivity contribution in [3.8, 4) is 23.1 Å². The van der Waals surface area contributed by atoms with Crippen molar-refractivity contribution in [3.63, 3.8) is 0 Å². The first-order chi connectivity index (χ1) is 16.1. The van der Waals surface area contributed by atoms with E-state index in [-0.39, 0.29) is 6.10 Å². The Bertz CT molecular complexity index is 1190. The highest BCUT2D eigenvalue weighted by Gasteiger charge is 2.23. The van der Waals surface area contributed by atoms with Gasteiger partial charge in [-0.15, -0.1) is 0 Å². The van der Waals surface area contributed by atoms with Crippen molar-refractivity contribution < 1.29 is 14.2 Å². The van der Waals surface area contributed by atoms with Gasteiger partial charge in [-0.3, -0.25) is 0 Å². The van der Waals surface area contributed by atoms with Gasteiger partial charge in [-0.2, -0.15) is 4.98 Å². The third-order valence-electron chi connectivity index (χ3n) is 5.67. The number of hydrogen-bond donors (Lipinski definition) is 1. The molecule has 1 aromatic heterocycles. The molecule has 33 heavy (non-hydrogen) atoms. The van der Waals surface area contributed by atoms with Gasteiger partial charge in [0.15, 0.2) is 23.0 Å². The monoisotopic (exact) mass is 509 g/mol. The molecule has 0 atom stereocenters. The lowest BCUT2D eigenvalue weighted by Crippen LogP contribution is -2.35. The first kappa shape index (κ1) is 21.7. The van der Waals surface area contributed by atoms with Crippen LogP contribution < -0.4 is 19.5 Å². The number of rotatable bonds is 5. The number of likely N-dealkylation sites (tertiary alicyclic amines) is 1. The predicted molar refractivity (Wildman–Crippen MR) is 131 cm³/mol. The summed E-state index contributed by atoms with van der Waals surface area (Å²) in [6.45, 7) is 2.03. The fraction of sp³-hybridized carbons (Fsp3) is 0.292. The number of aromatic nitrogens is 2. The number of halogens is 1. The van der Waals surface area contributed by atoms with Crippen LogP contribution >= 0.6 is 15.9 Å². The van der Waals surface area contributed by atoms with Gasteiger partial charge in [-0.25, -0.2) is 9.98 Å². The number of anilines is 2. The number of piperidine rings is 1. The molecule has 2 aliphatic heterocycles. The molecule has 0 unspecified atom stereocenters. The van der Waals surface area contributed by atoms with E-state index in [1.54, 1.807) is 13.3 Å². The summed E-state index contributed by atoms with van der Waals surface area (Å²) in [6, 6.07) is 11.6. The summed E-state index contributed by atoms with van der Waals surface area (Å²) in [5.74, 6) is 2.83. The second-order valence-corrected chi connectivity index (χ2v) is 8.95. The van der Waals surface area contributed by atoms with Crippen molar-refractivity contribution in [1.82, 2.24) is 14.9 Å². The summed E-state index contributed by atoms with van der Waals surface area (Å²) in [7, 11) is 3.77. The van der Waals surface area contributed by atoms with Crippen LogP contribution in [0.25, 0.3) is 0 Å². The number of nitrogens with one attached hydrogen (secondary N) is 1. The number of fused-ring (bicyclic) bond motifs is 2. The normalized spacial score (nSPS) is 15.7. The Morgan fingerprint density at radius 2 is 1.97 bits per heavy atom. The van der Waals surface area contributed by atoms with E-state index in [4.69, 9.17) is 14.2 Å². The molecular weight excluding hydrogens is 486 g/mol. The summed E-state index contributed by atoms with van der Waals surface area (Å²) in [4.78, 5) is 15.6. The maximum atomic E-state index is 6.31. The first-order valence-corrected chi connectivity index (χ1v) is 11.5. The van der Waals surface area contributed by atoms with Gasteiger partial charge in [-0.05, 0) is 44.2 Å². The van der Waals surface area contributed by atoms with Crippen LogP contribution in [0.4, 0.5) is 17.2 Å². The average Bonchev–Trinajstić information content (AvgIpc) is 2.99. The summed E-state index contributed by atoms with van der Waals surface area (Å²) in [5, 5.41) is 3.29. The number of hydrogen-bond acceptors (Lipinski definition) is 8. The van der Waals surface area contributed by atoms with Crippen molar-refractivity contribution in [2.45, 2.75) is 18.9 Å². The Morgan fingerprint density at radius 1 is 1.12 bits per heavy atom. The van der Waals surface area contributed by atoms with Gasteiger partial charge >= 0.3 is 0 Å². The molecule has 170 valence electrons. The van der Waals surface area contributed by atoms with E-state index in [0.29, 0.717) is 34.6 Å². The van der Waals surface area contributed by atoms with Crippen LogP contribution in [-0.2, 0) is 0 Å². The highest BCUT2D eigenvalue weighted by Crippen LogP contribution is 2.43. The first-order valence-electron chi connectivity index (χ1n) is 10.8. The largest absolute Gasteiger partial charge is 0.493 e. The highest BCUT2D eigenvalue weighted by molar-refractivity contribution is 9.10. The molecule has 2 aliphatic rings. The number of nitrogens with zero attached hydrogens (tertiary/aromatic N) is 4. The van der Waals surface area contributed by atoms with Crippen LogP contribution in [0.2, 0.25) is 0 Å². The second-order valence-electron chi connectivity index (χ2n) is 8.03. The van der Waals surface area contributed by atoms with Crippen LogP contribution in [0.1, 0.15) is 18.4 Å². The lowest BCUT2D eigenvalue weighted by molar-refractivity contribution is 0.111. The van der Waals surface area contributed by atoms with Crippen LogP contribution in [0.15, 0.2) is 52.2 Å². The zero-order valence-corrected chi connectivity index (χ0v) is 20.0. The standard InChI is InChI=1S/C24H24BrN5O3/c1-30-8-6-18(7-9-30)32-21-12-19-15(10-20(21)31-2)13-26-22-23(27-14-28-24(22)33-19)29-17-5-3-4-16(25)11-17/h3-5,10-14,18H,6-9H2,1-2H3,(H,27,28,29). The molecule has 0 bridgehead atoms. The SMILES string of the molecule is COc1cc2c(cc1OC1CCN(C)CC1)Oc1ncnc(Nc3cccc(Br)c3)c1N=C2. The van der Waals surface area contributed by atoms with Gasteiger partial charge < -0.3 is 24.4 Å². The molecule has 5 rings (SSSR count). The minimum Gasteiger partial charge on any atom is -0.493 e. The van der Waals surface area contributed by atoms with Crippen molar-refractivity contribution in [3.05, 3.63) is 52.8 Å². The molecule has 0 saturated carbocycles. The Morgan fingerprint density at radius 3 is 2.76 bits per heavy atom. The van der Waals surface area contributed by atoms with Gasteiger partial charge in [-0.1, -0.05) is 22.0 Å². The van der Waals surface area contributed by atoms with E-state index < -0.39 is 0 Å². The summed E-state index contributed by atoms with van der Waals surface area (Å²) < 4.78 is 19.1. The van der Waals surface area contributed by atoms with Crippen molar-refractivity contribution >= 4 is 39.3 Å². The molecule has 1 saturated heterocycles. The fourth-order valence-corrected chi connectivity index (χ4v) is 4.27. The molecular formula is C24H24BrN5O3. The van der Waals surface area contributed by atoms with Crippen LogP contribution in [-0.4, -0.2) is 54.4 Å². The third-order valence-corrected chi connectivity index (χ3v) is 6.16. The number of aliphatic imine (C=N–C) groups is 1. The van der Waals surface area contributed by atoms with Crippen LogP contribution in [0.5, 0.6) is 23.1 Å². The molecule has 9 heteroatoms. The zero-order valence-electron chi connectivity index (χ0n) is 18.4. The van der Waals surface area contributed by atoms with E-state index in [0.717, 1.165) is 41.7 Å². The Balaban J connectivity index is 1.44.